The third kappa shape index (κ3) is 3.84. The van der Waals surface area contributed by atoms with Gasteiger partial charge in [0.1, 0.15) is 6.10 Å². The summed E-state index contributed by atoms with van der Waals surface area (Å²) in [4.78, 5) is 20.2. The molecule has 1 N–H and O–H groups in total. The number of carbonyl (C=O) groups is 1. The maximum atomic E-state index is 11.8. The van der Waals surface area contributed by atoms with Crippen LogP contribution in [0.2, 0.25) is 0 Å². The highest BCUT2D eigenvalue weighted by Crippen LogP contribution is 2.17. The van der Waals surface area contributed by atoms with E-state index in [9.17, 15) is 4.79 Å². The Bertz CT molecular complexity index is 650. The second kappa shape index (κ2) is 7.19. The number of rotatable bonds is 6. The molecule has 0 radical (unpaired) electrons. The van der Waals surface area contributed by atoms with Crippen molar-refractivity contribution in [2.75, 3.05) is 13.2 Å². The summed E-state index contributed by atoms with van der Waals surface area (Å²) in [7, 11) is 0. The molecule has 3 rings (SSSR count). The first-order chi connectivity index (χ1) is 11.3. The smallest absolute Gasteiger partial charge is 0.249 e. The topological polar surface area (TPSA) is 99.4 Å². The van der Waals surface area contributed by atoms with Gasteiger partial charge in [-0.15, -0.1) is 0 Å². The zero-order chi connectivity index (χ0) is 16.1. The molecule has 1 amide bonds. The standard InChI is InChI=1S/C15H18N4O4/c1-2-21-12-6-5-10(8-16-12)14-18-13(23-19-14)9-17-15(20)11-4-3-7-22-11/h5-6,8,11H,2-4,7,9H2,1H3,(H,17,20)/t11-/m1/s1. The van der Waals surface area contributed by atoms with Gasteiger partial charge in [0.25, 0.3) is 0 Å². The number of amides is 1. The third-order valence-electron chi connectivity index (χ3n) is 3.39. The first-order valence-corrected chi connectivity index (χ1v) is 7.57. The highest BCUT2D eigenvalue weighted by atomic mass is 16.5. The minimum absolute atomic E-state index is 0.148. The van der Waals surface area contributed by atoms with Crippen molar-refractivity contribution in [1.82, 2.24) is 20.4 Å². The van der Waals surface area contributed by atoms with Crippen LogP contribution >= 0.6 is 0 Å². The van der Waals surface area contributed by atoms with Gasteiger partial charge in [-0.1, -0.05) is 5.16 Å². The van der Waals surface area contributed by atoms with Crippen LogP contribution in [0.15, 0.2) is 22.9 Å². The van der Waals surface area contributed by atoms with E-state index in [1.165, 1.54) is 0 Å². The van der Waals surface area contributed by atoms with E-state index in [1.54, 1.807) is 18.3 Å². The fraction of sp³-hybridized carbons (Fsp3) is 0.467. The average Bonchev–Trinajstić information content (AvgIpc) is 3.25. The van der Waals surface area contributed by atoms with Crippen LogP contribution in [-0.2, 0) is 16.1 Å². The molecule has 1 fully saturated rings. The van der Waals surface area contributed by atoms with Gasteiger partial charge < -0.3 is 19.3 Å². The van der Waals surface area contributed by atoms with Crippen LogP contribution in [0.1, 0.15) is 25.7 Å². The van der Waals surface area contributed by atoms with Crippen LogP contribution in [0.5, 0.6) is 5.88 Å². The Morgan fingerprint density at radius 3 is 3.09 bits per heavy atom. The zero-order valence-electron chi connectivity index (χ0n) is 12.8. The summed E-state index contributed by atoms with van der Waals surface area (Å²) >= 11 is 0. The minimum atomic E-state index is -0.368. The molecule has 0 spiro atoms. The Labute approximate surface area is 133 Å². The van der Waals surface area contributed by atoms with Gasteiger partial charge >= 0.3 is 0 Å². The van der Waals surface area contributed by atoms with Gasteiger partial charge in [0.05, 0.1) is 13.2 Å². The summed E-state index contributed by atoms with van der Waals surface area (Å²) in [5.41, 5.74) is 0.717. The van der Waals surface area contributed by atoms with Gasteiger partial charge in [0.15, 0.2) is 0 Å². The first kappa shape index (κ1) is 15.4. The number of carbonyl (C=O) groups excluding carboxylic acids is 1. The van der Waals surface area contributed by atoms with Crippen LogP contribution in [0, 0.1) is 0 Å². The molecule has 8 heteroatoms. The maximum absolute atomic E-state index is 11.8. The number of hydrogen-bond acceptors (Lipinski definition) is 7. The van der Waals surface area contributed by atoms with E-state index in [-0.39, 0.29) is 18.6 Å². The van der Waals surface area contributed by atoms with Crippen molar-refractivity contribution in [3.05, 3.63) is 24.2 Å². The lowest BCUT2D eigenvalue weighted by Crippen LogP contribution is -2.33. The van der Waals surface area contributed by atoms with E-state index >= 15 is 0 Å². The average molecular weight is 318 g/mol. The van der Waals surface area contributed by atoms with E-state index in [0.717, 1.165) is 12.8 Å². The Kier molecular flexibility index (Phi) is 4.82. The lowest BCUT2D eigenvalue weighted by atomic mass is 10.2. The molecule has 1 aliphatic heterocycles. The van der Waals surface area contributed by atoms with E-state index in [4.69, 9.17) is 14.0 Å². The fourth-order valence-corrected chi connectivity index (χ4v) is 2.25. The number of ether oxygens (including phenoxy) is 2. The summed E-state index contributed by atoms with van der Waals surface area (Å²) in [5.74, 6) is 1.15. The molecule has 1 atom stereocenters. The number of hydrogen-bond donors (Lipinski definition) is 1. The highest BCUT2D eigenvalue weighted by Gasteiger charge is 2.23. The molecule has 8 nitrogen and oxygen atoms in total. The number of pyridine rings is 1. The van der Waals surface area contributed by atoms with E-state index in [1.807, 2.05) is 6.92 Å². The molecular formula is C15H18N4O4. The monoisotopic (exact) mass is 318 g/mol. The largest absolute Gasteiger partial charge is 0.478 e. The maximum Gasteiger partial charge on any atom is 0.249 e. The Morgan fingerprint density at radius 1 is 1.48 bits per heavy atom. The minimum Gasteiger partial charge on any atom is -0.478 e. The summed E-state index contributed by atoms with van der Waals surface area (Å²) in [6.45, 7) is 3.26. The molecule has 0 saturated carbocycles. The molecule has 0 aromatic carbocycles. The van der Waals surface area contributed by atoms with Crippen molar-refractivity contribution in [2.45, 2.75) is 32.4 Å². The Balaban J connectivity index is 1.58. The summed E-state index contributed by atoms with van der Waals surface area (Å²) in [6, 6.07) is 3.55. The van der Waals surface area contributed by atoms with Crippen molar-refractivity contribution < 1.29 is 18.8 Å². The van der Waals surface area contributed by atoms with Crippen LogP contribution in [0.4, 0.5) is 0 Å². The molecule has 3 heterocycles. The van der Waals surface area contributed by atoms with Crippen LogP contribution in [0.3, 0.4) is 0 Å². The van der Waals surface area contributed by atoms with Crippen molar-refractivity contribution in [1.29, 1.82) is 0 Å². The Morgan fingerprint density at radius 2 is 2.39 bits per heavy atom. The van der Waals surface area contributed by atoms with Gasteiger partial charge in [-0.25, -0.2) is 4.98 Å². The van der Waals surface area contributed by atoms with Gasteiger partial charge in [-0.05, 0) is 25.8 Å². The van der Waals surface area contributed by atoms with E-state index < -0.39 is 0 Å². The molecule has 0 aliphatic carbocycles. The van der Waals surface area contributed by atoms with Crippen LogP contribution in [0.25, 0.3) is 11.4 Å². The molecule has 1 saturated heterocycles. The van der Waals surface area contributed by atoms with Crippen molar-refractivity contribution in [3.63, 3.8) is 0 Å². The van der Waals surface area contributed by atoms with Gasteiger partial charge in [0.2, 0.25) is 23.5 Å². The quantitative estimate of drug-likeness (QED) is 0.857. The van der Waals surface area contributed by atoms with Gasteiger partial charge in [-0.3, -0.25) is 4.79 Å². The number of nitrogens with one attached hydrogen (secondary N) is 1. The lowest BCUT2D eigenvalue weighted by Gasteiger charge is -2.08. The third-order valence-corrected chi connectivity index (χ3v) is 3.39. The van der Waals surface area contributed by atoms with Gasteiger partial charge in [0, 0.05) is 24.4 Å². The molecule has 2 aromatic rings. The first-order valence-electron chi connectivity index (χ1n) is 7.57. The van der Waals surface area contributed by atoms with Gasteiger partial charge in [-0.2, -0.15) is 4.98 Å². The zero-order valence-corrected chi connectivity index (χ0v) is 12.8. The molecule has 1 aliphatic rings. The molecule has 0 unspecified atom stereocenters. The predicted octanol–water partition coefficient (Wildman–Crippen LogP) is 1.33. The van der Waals surface area contributed by atoms with Crippen molar-refractivity contribution >= 4 is 5.91 Å². The van der Waals surface area contributed by atoms with Crippen LogP contribution < -0.4 is 10.1 Å². The highest BCUT2D eigenvalue weighted by molar-refractivity contribution is 5.80. The fourth-order valence-electron chi connectivity index (χ4n) is 2.25. The van der Waals surface area contributed by atoms with Crippen LogP contribution in [-0.4, -0.2) is 40.3 Å². The molecule has 23 heavy (non-hydrogen) atoms. The second-order valence-corrected chi connectivity index (χ2v) is 5.05. The Hall–Kier alpha value is -2.48. The molecule has 122 valence electrons. The summed E-state index contributed by atoms with van der Waals surface area (Å²) in [6.07, 6.45) is 2.91. The summed E-state index contributed by atoms with van der Waals surface area (Å²) in [5, 5.41) is 6.62. The molecule has 0 bridgehead atoms. The van der Waals surface area contributed by atoms with Crippen molar-refractivity contribution in [2.24, 2.45) is 0 Å². The SMILES string of the molecule is CCOc1ccc(-c2noc(CNC(=O)[C@H]3CCCO3)n2)cn1. The lowest BCUT2D eigenvalue weighted by molar-refractivity contribution is -0.130. The molecular weight excluding hydrogens is 300 g/mol. The predicted molar refractivity (Wildman–Crippen MR) is 79.5 cm³/mol. The number of nitrogens with zero attached hydrogens (tertiary/aromatic N) is 3. The van der Waals surface area contributed by atoms with E-state index in [0.29, 0.717) is 36.4 Å². The normalized spacial score (nSPS) is 17.2. The van der Waals surface area contributed by atoms with E-state index in [2.05, 4.69) is 20.4 Å². The van der Waals surface area contributed by atoms with Crippen molar-refractivity contribution in [3.8, 4) is 17.3 Å². The summed E-state index contributed by atoms with van der Waals surface area (Å²) < 4.78 is 15.7. The second-order valence-electron chi connectivity index (χ2n) is 5.05. The number of aromatic nitrogens is 3. The molecule has 2 aromatic heterocycles.